The number of alkyl halides is 3. The van der Waals surface area contributed by atoms with Crippen LogP contribution in [-0.2, 0) is 21.4 Å². The second kappa shape index (κ2) is 8.43. The van der Waals surface area contributed by atoms with Gasteiger partial charge in [-0.05, 0) is 27.8 Å². The van der Waals surface area contributed by atoms with E-state index < -0.39 is 52.2 Å². The lowest BCUT2D eigenvalue weighted by molar-refractivity contribution is -0.150. The summed E-state index contributed by atoms with van der Waals surface area (Å²) < 4.78 is 38.0. The zero-order chi connectivity index (χ0) is 21.3. The van der Waals surface area contributed by atoms with E-state index in [0.29, 0.717) is 10.7 Å². The van der Waals surface area contributed by atoms with E-state index in [4.69, 9.17) is 0 Å². The number of tetrazole rings is 1. The summed E-state index contributed by atoms with van der Waals surface area (Å²) in [6.45, 7) is 0. The number of carbonyl (C=O) groups is 3. The maximum Gasteiger partial charge on any atom is 0.442 e. The van der Waals surface area contributed by atoms with Gasteiger partial charge in [-0.3, -0.25) is 14.5 Å². The molecule has 1 saturated heterocycles. The molecule has 0 radical (unpaired) electrons. The Hall–Kier alpha value is -1.94. The zero-order valence-electron chi connectivity index (χ0n) is 14.5. The van der Waals surface area contributed by atoms with Crippen molar-refractivity contribution < 1.29 is 32.7 Å². The molecule has 16 heteroatoms. The number of thioether (sulfide) groups is 3. The van der Waals surface area contributed by atoms with Crippen molar-refractivity contribution in [3.05, 3.63) is 11.3 Å². The van der Waals surface area contributed by atoms with E-state index in [2.05, 4.69) is 20.8 Å². The first-order valence-electron chi connectivity index (χ1n) is 7.83. The number of hydrogen-bond donors (Lipinski definition) is 2. The van der Waals surface area contributed by atoms with Crippen molar-refractivity contribution in [1.29, 1.82) is 0 Å². The highest BCUT2D eigenvalue weighted by molar-refractivity contribution is 8.01. The molecule has 1 aromatic heterocycles. The molecule has 2 amide bonds. The molecule has 0 aromatic carbocycles. The molecule has 0 spiro atoms. The number of nitrogens with one attached hydrogen (secondary N) is 1. The minimum absolute atomic E-state index is 0.184. The fourth-order valence-electron chi connectivity index (χ4n) is 2.65. The molecular weight excluding hydrogens is 457 g/mol. The molecule has 2 aliphatic rings. The molecule has 3 heterocycles. The minimum atomic E-state index is -4.56. The van der Waals surface area contributed by atoms with Crippen LogP contribution in [0.25, 0.3) is 0 Å². The van der Waals surface area contributed by atoms with Crippen LogP contribution < -0.4 is 5.32 Å². The van der Waals surface area contributed by atoms with Crippen molar-refractivity contribution in [2.75, 3.05) is 17.3 Å². The number of carboxylic acids is 1. The summed E-state index contributed by atoms with van der Waals surface area (Å²) >= 11 is 1.93. The van der Waals surface area contributed by atoms with E-state index in [-0.39, 0.29) is 17.2 Å². The number of fused-ring (bicyclic) bond motifs is 1. The largest absolute Gasteiger partial charge is 0.477 e. The Morgan fingerprint density at radius 2 is 2.14 bits per heavy atom. The average molecular weight is 470 g/mol. The Bertz CT molecular complexity index is 876. The monoisotopic (exact) mass is 470 g/mol. The fraction of sp³-hybridized carbons (Fsp3) is 0.538. The lowest BCUT2D eigenvalue weighted by Gasteiger charge is -2.49. The number of amides is 2. The van der Waals surface area contributed by atoms with Gasteiger partial charge in [0.2, 0.25) is 11.1 Å². The van der Waals surface area contributed by atoms with Gasteiger partial charge in [-0.15, -0.1) is 16.9 Å². The van der Waals surface area contributed by atoms with Crippen molar-refractivity contribution in [2.45, 2.75) is 22.1 Å². The van der Waals surface area contributed by atoms with Gasteiger partial charge in [0.1, 0.15) is 17.1 Å². The summed E-state index contributed by atoms with van der Waals surface area (Å²) in [7, 11) is 1.63. The summed E-state index contributed by atoms with van der Waals surface area (Å²) in [6, 6.07) is -1.06. The van der Waals surface area contributed by atoms with Crippen LogP contribution in [0.2, 0.25) is 0 Å². The standard InChI is InChI=1S/C13H13F3N6O4S3/c1-21-12(18-19-20-21)28-3-5-2-27-10-7(9(24)22(10)8(5)11(25)26)17-6(23)4-29-13(14,15)16/h7,10H,2-4H2,1H3,(H,17,23)(H,25,26)/t7?,10-/m0/s1. The van der Waals surface area contributed by atoms with Crippen LogP contribution in [0.4, 0.5) is 13.2 Å². The summed E-state index contributed by atoms with van der Waals surface area (Å²) in [5, 5.41) is 22.6. The second-order valence-corrected chi connectivity index (χ2v) is 8.91. The maximum absolute atomic E-state index is 12.4. The second-order valence-electron chi connectivity index (χ2n) is 5.82. The van der Waals surface area contributed by atoms with Crippen LogP contribution in [0.1, 0.15) is 0 Å². The van der Waals surface area contributed by atoms with E-state index in [0.717, 1.165) is 4.90 Å². The van der Waals surface area contributed by atoms with Gasteiger partial charge in [0.25, 0.3) is 5.91 Å². The minimum Gasteiger partial charge on any atom is -0.477 e. The number of β-lactam (4-membered cyclic amide) rings is 1. The summed E-state index contributed by atoms with van der Waals surface area (Å²) in [5.41, 5.74) is -4.26. The molecule has 0 aliphatic carbocycles. The Morgan fingerprint density at radius 1 is 1.41 bits per heavy atom. The van der Waals surface area contributed by atoms with Crippen LogP contribution >= 0.6 is 35.3 Å². The quantitative estimate of drug-likeness (QED) is 0.424. The van der Waals surface area contributed by atoms with E-state index in [1.54, 1.807) is 7.05 Å². The highest BCUT2D eigenvalue weighted by Gasteiger charge is 2.54. The predicted octanol–water partition coefficient (Wildman–Crippen LogP) is 0.294. The number of hydrogen-bond acceptors (Lipinski definition) is 9. The van der Waals surface area contributed by atoms with Gasteiger partial charge in [-0.1, -0.05) is 11.8 Å². The van der Waals surface area contributed by atoms with E-state index in [9.17, 15) is 32.7 Å². The smallest absolute Gasteiger partial charge is 0.442 e. The first kappa shape index (κ1) is 21.8. The molecule has 2 atom stereocenters. The van der Waals surface area contributed by atoms with Gasteiger partial charge >= 0.3 is 11.5 Å². The lowest BCUT2D eigenvalue weighted by atomic mass is 10.0. The van der Waals surface area contributed by atoms with Crippen molar-refractivity contribution in [1.82, 2.24) is 30.4 Å². The van der Waals surface area contributed by atoms with Crippen LogP contribution in [-0.4, -0.2) is 82.2 Å². The number of nitrogens with zero attached hydrogens (tertiary/aromatic N) is 5. The van der Waals surface area contributed by atoms with Crippen LogP contribution in [0, 0.1) is 0 Å². The van der Waals surface area contributed by atoms with Gasteiger partial charge in [-0.2, -0.15) is 13.2 Å². The van der Waals surface area contributed by atoms with E-state index >= 15 is 0 Å². The third-order valence-electron chi connectivity index (χ3n) is 3.89. The van der Waals surface area contributed by atoms with E-state index in [1.165, 1.54) is 28.2 Å². The molecule has 29 heavy (non-hydrogen) atoms. The Labute approximate surface area is 174 Å². The van der Waals surface area contributed by atoms with Gasteiger partial charge < -0.3 is 10.4 Å². The molecule has 2 aliphatic heterocycles. The number of halogens is 3. The Kier molecular flexibility index (Phi) is 6.33. The fourth-order valence-corrected chi connectivity index (χ4v) is 5.37. The third-order valence-corrected chi connectivity index (χ3v) is 7.06. The lowest BCUT2D eigenvalue weighted by Crippen LogP contribution is -2.70. The van der Waals surface area contributed by atoms with Crippen LogP contribution in [0.5, 0.6) is 0 Å². The summed E-state index contributed by atoms with van der Waals surface area (Å²) in [5.74, 6) is -3.28. The molecule has 10 nitrogen and oxygen atoms in total. The molecule has 3 rings (SSSR count). The number of rotatable bonds is 7. The molecule has 1 aromatic rings. The van der Waals surface area contributed by atoms with Crippen molar-refractivity contribution in [2.24, 2.45) is 7.05 Å². The van der Waals surface area contributed by atoms with Crippen molar-refractivity contribution in [3.8, 4) is 0 Å². The van der Waals surface area contributed by atoms with Crippen molar-refractivity contribution >= 4 is 53.1 Å². The summed E-state index contributed by atoms with van der Waals surface area (Å²) in [4.78, 5) is 36.9. The molecular formula is C13H13F3N6O4S3. The number of aryl methyl sites for hydroxylation is 1. The summed E-state index contributed by atoms with van der Waals surface area (Å²) in [6.07, 6.45) is 0. The number of carboxylic acid groups (broad SMARTS) is 1. The molecule has 0 saturated carbocycles. The highest BCUT2D eigenvalue weighted by atomic mass is 32.2. The number of aromatic nitrogens is 4. The Morgan fingerprint density at radius 3 is 2.72 bits per heavy atom. The first-order chi connectivity index (χ1) is 13.6. The van der Waals surface area contributed by atoms with Gasteiger partial charge in [0.15, 0.2) is 0 Å². The average Bonchev–Trinajstić information content (AvgIpc) is 3.06. The number of carbonyl (C=O) groups excluding carboxylic acids is 2. The Balaban J connectivity index is 1.67. The number of aliphatic carboxylic acids is 1. The predicted molar refractivity (Wildman–Crippen MR) is 97.7 cm³/mol. The molecule has 2 N–H and O–H groups in total. The van der Waals surface area contributed by atoms with Crippen LogP contribution in [0.15, 0.2) is 16.4 Å². The van der Waals surface area contributed by atoms with Crippen LogP contribution in [0.3, 0.4) is 0 Å². The first-order valence-corrected chi connectivity index (χ1v) is 10.9. The SMILES string of the molecule is Cn1nnnc1SCC1=C(C(=O)O)N2C(=O)C(NC(=O)CSC(F)(F)F)[C@@H]2SC1. The van der Waals surface area contributed by atoms with Crippen molar-refractivity contribution in [3.63, 3.8) is 0 Å². The van der Waals surface area contributed by atoms with E-state index in [1.807, 2.05) is 0 Å². The van der Waals surface area contributed by atoms with Gasteiger partial charge in [0, 0.05) is 18.6 Å². The molecule has 1 fully saturated rings. The topological polar surface area (TPSA) is 130 Å². The maximum atomic E-state index is 12.4. The van der Waals surface area contributed by atoms with Gasteiger partial charge in [0.05, 0.1) is 5.75 Å². The molecule has 158 valence electrons. The third kappa shape index (κ3) is 4.80. The zero-order valence-corrected chi connectivity index (χ0v) is 17.0. The molecule has 1 unspecified atom stereocenters. The highest BCUT2D eigenvalue weighted by Crippen LogP contribution is 2.41. The molecule has 0 bridgehead atoms. The van der Waals surface area contributed by atoms with Gasteiger partial charge in [-0.25, -0.2) is 9.48 Å². The normalized spacial score (nSPS) is 21.7.